The molecule has 2 atom stereocenters. The van der Waals surface area contributed by atoms with E-state index in [0.29, 0.717) is 5.56 Å². The molecule has 0 radical (unpaired) electrons. The van der Waals surface area contributed by atoms with E-state index in [1.807, 2.05) is 12.1 Å². The monoisotopic (exact) mass is 326 g/mol. The summed E-state index contributed by atoms with van der Waals surface area (Å²) in [5.41, 5.74) is 7.70. The molecule has 0 spiro atoms. The molecule has 2 aliphatic rings. The number of rotatable bonds is 5. The third kappa shape index (κ3) is 2.34. The average Bonchev–Trinajstić information content (AvgIpc) is 3.12. The minimum absolute atomic E-state index is 0.0199. The molecule has 1 amide bonds. The Morgan fingerprint density at radius 1 is 1.50 bits per heavy atom. The summed E-state index contributed by atoms with van der Waals surface area (Å²) in [7, 11) is 0. The molecule has 24 heavy (non-hydrogen) atoms. The standard InChI is InChI=1S/C19H26N4O/c1-2-3-10-23-12-13-6-5-9-19(23,11-13)18-21-15-8-4-7-14(17(20)24)16(15)22-18/h4,7-8,13H,2-3,5-6,9-12H2,1H3,(H2,20,24)(H,21,22)/t13-,19+/m1/s1. The van der Waals surface area contributed by atoms with Crippen molar-refractivity contribution in [3.05, 3.63) is 29.6 Å². The lowest BCUT2D eigenvalue weighted by Gasteiger charge is -2.38. The first-order valence-corrected chi connectivity index (χ1v) is 9.18. The second kappa shape index (κ2) is 5.88. The van der Waals surface area contributed by atoms with Gasteiger partial charge in [0.2, 0.25) is 0 Å². The van der Waals surface area contributed by atoms with E-state index < -0.39 is 5.91 Å². The average molecular weight is 326 g/mol. The number of H-pyrrole nitrogens is 1. The van der Waals surface area contributed by atoms with Gasteiger partial charge in [0.25, 0.3) is 5.91 Å². The number of benzene rings is 1. The van der Waals surface area contributed by atoms with Gasteiger partial charge in [-0.3, -0.25) is 9.69 Å². The number of nitrogens with one attached hydrogen (secondary N) is 1. The predicted molar refractivity (Wildman–Crippen MR) is 94.7 cm³/mol. The van der Waals surface area contributed by atoms with E-state index in [0.717, 1.165) is 35.7 Å². The van der Waals surface area contributed by atoms with E-state index in [1.54, 1.807) is 6.07 Å². The molecule has 4 rings (SSSR count). The quantitative estimate of drug-likeness (QED) is 0.886. The normalized spacial score (nSPS) is 27.0. The summed E-state index contributed by atoms with van der Waals surface area (Å²) in [6.07, 6.45) is 7.36. The van der Waals surface area contributed by atoms with E-state index in [1.165, 1.54) is 38.6 Å². The maximum absolute atomic E-state index is 11.7. The Morgan fingerprint density at radius 2 is 2.38 bits per heavy atom. The second-order valence-corrected chi connectivity index (χ2v) is 7.44. The zero-order valence-electron chi connectivity index (χ0n) is 14.3. The van der Waals surface area contributed by atoms with Crippen LogP contribution in [-0.4, -0.2) is 33.9 Å². The van der Waals surface area contributed by atoms with Crippen molar-refractivity contribution in [2.75, 3.05) is 13.1 Å². The Morgan fingerprint density at radius 3 is 3.17 bits per heavy atom. The van der Waals surface area contributed by atoms with E-state index in [4.69, 9.17) is 10.7 Å². The van der Waals surface area contributed by atoms with Crippen LogP contribution in [0.25, 0.3) is 11.0 Å². The van der Waals surface area contributed by atoms with Gasteiger partial charge in [-0.15, -0.1) is 0 Å². The lowest BCUT2D eigenvalue weighted by molar-refractivity contribution is 0.100. The van der Waals surface area contributed by atoms with Crippen LogP contribution >= 0.6 is 0 Å². The summed E-state index contributed by atoms with van der Waals surface area (Å²) in [5, 5.41) is 0. The van der Waals surface area contributed by atoms with Gasteiger partial charge in [-0.25, -0.2) is 4.98 Å². The summed E-state index contributed by atoms with van der Waals surface area (Å²) in [5.74, 6) is 1.40. The van der Waals surface area contributed by atoms with Crippen molar-refractivity contribution in [1.29, 1.82) is 0 Å². The molecule has 5 heteroatoms. The number of para-hydroxylation sites is 1. The van der Waals surface area contributed by atoms with E-state index >= 15 is 0 Å². The highest BCUT2D eigenvalue weighted by molar-refractivity contribution is 6.04. The van der Waals surface area contributed by atoms with Crippen LogP contribution < -0.4 is 5.73 Å². The van der Waals surface area contributed by atoms with Crippen molar-refractivity contribution in [3.8, 4) is 0 Å². The molecule has 128 valence electrons. The molecule has 1 aromatic heterocycles. The lowest BCUT2D eigenvalue weighted by Crippen LogP contribution is -2.42. The van der Waals surface area contributed by atoms with Crippen molar-refractivity contribution in [2.45, 2.75) is 51.0 Å². The molecule has 1 aliphatic carbocycles. The topological polar surface area (TPSA) is 75.0 Å². The van der Waals surface area contributed by atoms with Crippen LogP contribution in [-0.2, 0) is 5.54 Å². The maximum Gasteiger partial charge on any atom is 0.250 e. The van der Waals surface area contributed by atoms with Gasteiger partial charge in [0, 0.05) is 6.54 Å². The molecular weight excluding hydrogens is 300 g/mol. The number of amides is 1. The Bertz CT molecular complexity index is 768. The van der Waals surface area contributed by atoms with E-state index in [2.05, 4.69) is 16.8 Å². The number of carbonyl (C=O) groups is 1. The minimum Gasteiger partial charge on any atom is -0.366 e. The number of fused-ring (bicyclic) bond motifs is 3. The molecule has 1 aromatic carbocycles. The number of nitrogens with two attached hydrogens (primary N) is 1. The molecule has 2 bridgehead atoms. The fraction of sp³-hybridized carbons (Fsp3) is 0.579. The van der Waals surface area contributed by atoms with Crippen molar-refractivity contribution in [3.63, 3.8) is 0 Å². The highest BCUT2D eigenvalue weighted by Crippen LogP contribution is 2.49. The SMILES string of the molecule is CCCCN1C[C@@H]2CCC[C@@]1(c1nc3c(C(N)=O)cccc3[nH]1)C2. The number of nitrogens with zero attached hydrogens (tertiary/aromatic N) is 2. The molecule has 1 saturated heterocycles. The zero-order chi connectivity index (χ0) is 16.7. The van der Waals surface area contributed by atoms with Crippen molar-refractivity contribution >= 4 is 16.9 Å². The first-order valence-electron chi connectivity index (χ1n) is 9.18. The van der Waals surface area contributed by atoms with Crippen molar-refractivity contribution in [2.24, 2.45) is 11.7 Å². The number of likely N-dealkylation sites (tertiary alicyclic amines) is 1. The van der Waals surface area contributed by atoms with E-state index in [-0.39, 0.29) is 5.54 Å². The summed E-state index contributed by atoms with van der Waals surface area (Å²) in [6, 6.07) is 5.62. The molecular formula is C19H26N4O. The molecule has 2 aromatic rings. The molecule has 1 saturated carbocycles. The number of imidazole rings is 1. The first-order chi connectivity index (χ1) is 11.6. The largest absolute Gasteiger partial charge is 0.366 e. The third-order valence-electron chi connectivity index (χ3n) is 5.91. The number of aromatic nitrogens is 2. The number of hydrogen-bond acceptors (Lipinski definition) is 3. The van der Waals surface area contributed by atoms with Crippen LogP contribution in [0.15, 0.2) is 18.2 Å². The van der Waals surface area contributed by atoms with Gasteiger partial charge in [0.05, 0.1) is 16.6 Å². The molecule has 2 fully saturated rings. The molecule has 0 unspecified atom stereocenters. The maximum atomic E-state index is 11.7. The lowest BCUT2D eigenvalue weighted by atomic mass is 9.79. The number of unbranched alkanes of at least 4 members (excludes halogenated alkanes) is 1. The molecule has 5 nitrogen and oxygen atoms in total. The Kier molecular flexibility index (Phi) is 3.83. The highest BCUT2D eigenvalue weighted by atomic mass is 16.1. The first kappa shape index (κ1) is 15.6. The van der Waals surface area contributed by atoms with Crippen LogP contribution in [0.3, 0.4) is 0 Å². The fourth-order valence-corrected chi connectivity index (χ4v) is 4.76. The van der Waals surface area contributed by atoms with Crippen LogP contribution in [0.1, 0.15) is 61.6 Å². The van der Waals surface area contributed by atoms with Gasteiger partial charge >= 0.3 is 0 Å². The molecule has 1 aliphatic heterocycles. The van der Waals surface area contributed by atoms with Crippen molar-refractivity contribution in [1.82, 2.24) is 14.9 Å². The summed E-state index contributed by atoms with van der Waals surface area (Å²) < 4.78 is 0. The zero-order valence-corrected chi connectivity index (χ0v) is 14.3. The fourth-order valence-electron chi connectivity index (χ4n) is 4.76. The van der Waals surface area contributed by atoms with Gasteiger partial charge in [-0.2, -0.15) is 0 Å². The van der Waals surface area contributed by atoms with Crippen LogP contribution in [0.2, 0.25) is 0 Å². The smallest absolute Gasteiger partial charge is 0.250 e. The predicted octanol–water partition coefficient (Wildman–Crippen LogP) is 3.16. The van der Waals surface area contributed by atoms with Gasteiger partial charge in [0.15, 0.2) is 0 Å². The van der Waals surface area contributed by atoms with Gasteiger partial charge in [0.1, 0.15) is 11.3 Å². The molecule has 3 N–H and O–H groups in total. The summed E-state index contributed by atoms with van der Waals surface area (Å²) in [6.45, 7) is 4.56. The number of hydrogen-bond donors (Lipinski definition) is 2. The number of aromatic amines is 1. The summed E-state index contributed by atoms with van der Waals surface area (Å²) >= 11 is 0. The Hall–Kier alpha value is -1.88. The van der Waals surface area contributed by atoms with Gasteiger partial charge in [-0.1, -0.05) is 25.8 Å². The van der Waals surface area contributed by atoms with Crippen LogP contribution in [0.4, 0.5) is 0 Å². The minimum atomic E-state index is -0.410. The number of carbonyl (C=O) groups excluding carboxylic acids is 1. The Labute approximate surface area is 142 Å². The second-order valence-electron chi connectivity index (χ2n) is 7.44. The van der Waals surface area contributed by atoms with Crippen molar-refractivity contribution < 1.29 is 4.79 Å². The van der Waals surface area contributed by atoms with Gasteiger partial charge in [-0.05, 0) is 50.3 Å². The molecule has 2 heterocycles. The number of primary amides is 1. The van der Waals surface area contributed by atoms with Crippen LogP contribution in [0.5, 0.6) is 0 Å². The summed E-state index contributed by atoms with van der Waals surface area (Å²) in [4.78, 5) is 22.8. The Balaban J connectivity index is 1.79. The van der Waals surface area contributed by atoms with Crippen LogP contribution in [0, 0.1) is 5.92 Å². The van der Waals surface area contributed by atoms with E-state index in [9.17, 15) is 4.79 Å². The third-order valence-corrected chi connectivity index (χ3v) is 5.91. The highest BCUT2D eigenvalue weighted by Gasteiger charge is 2.50. The van der Waals surface area contributed by atoms with Gasteiger partial charge < -0.3 is 10.7 Å².